The molecule has 0 N–H and O–H groups in total. The van der Waals surface area contributed by atoms with Crippen molar-refractivity contribution in [3.63, 3.8) is 0 Å². The Morgan fingerprint density at radius 1 is 0.966 bits per heavy atom. The lowest BCUT2D eigenvalue weighted by molar-refractivity contribution is -0.136. The number of hydrogen-bond acceptors (Lipinski definition) is 8. The summed E-state index contributed by atoms with van der Waals surface area (Å²) in [6.45, 7) is 4.67. The first-order valence-corrected chi connectivity index (χ1v) is 10.9. The Hall–Kier alpha value is -2.81. The van der Waals surface area contributed by atoms with Crippen LogP contribution in [0.4, 0.5) is 11.1 Å². The second-order valence-electron chi connectivity index (χ2n) is 7.47. The van der Waals surface area contributed by atoms with Crippen molar-refractivity contribution < 1.29 is 4.79 Å². The minimum atomic E-state index is 0.0308. The first-order valence-electron chi connectivity index (χ1n) is 10.1. The molecule has 0 saturated carbocycles. The lowest BCUT2D eigenvalue weighted by atomic mass is 9.96. The summed E-state index contributed by atoms with van der Waals surface area (Å²) < 4.78 is 0. The van der Waals surface area contributed by atoms with Gasteiger partial charge in [0, 0.05) is 57.9 Å². The molecule has 0 bridgehead atoms. The average molecular weight is 410 g/mol. The highest BCUT2D eigenvalue weighted by molar-refractivity contribution is 7.21. The molecule has 5 heterocycles. The third kappa shape index (κ3) is 3.74. The van der Waals surface area contributed by atoms with E-state index >= 15 is 0 Å². The van der Waals surface area contributed by atoms with E-state index in [1.807, 2.05) is 23.1 Å². The Labute approximate surface area is 173 Å². The van der Waals surface area contributed by atoms with Crippen LogP contribution in [-0.4, -0.2) is 70.0 Å². The molecular formula is C20H23N7OS. The molecule has 3 aromatic rings. The van der Waals surface area contributed by atoms with E-state index in [-0.39, 0.29) is 11.8 Å². The zero-order chi connectivity index (χ0) is 19.6. The van der Waals surface area contributed by atoms with Crippen LogP contribution in [0.3, 0.4) is 0 Å². The average Bonchev–Trinajstić information content (AvgIpc) is 3.24. The van der Waals surface area contributed by atoms with Gasteiger partial charge in [-0.15, -0.1) is 0 Å². The number of carbonyl (C=O) groups is 1. The summed E-state index contributed by atoms with van der Waals surface area (Å²) in [5.74, 6) is 1.04. The third-order valence-electron chi connectivity index (χ3n) is 5.62. The van der Waals surface area contributed by atoms with E-state index < -0.39 is 0 Å². The first kappa shape index (κ1) is 18.2. The predicted octanol–water partition coefficient (Wildman–Crippen LogP) is 2.05. The Morgan fingerprint density at radius 3 is 2.55 bits per heavy atom. The summed E-state index contributed by atoms with van der Waals surface area (Å²) in [4.78, 5) is 38.3. The fourth-order valence-corrected chi connectivity index (χ4v) is 5.03. The number of carbonyl (C=O) groups excluding carboxylic acids is 1. The Bertz CT molecular complexity index is 954. The van der Waals surface area contributed by atoms with Crippen LogP contribution in [0.25, 0.3) is 10.3 Å². The van der Waals surface area contributed by atoms with Gasteiger partial charge in [0.25, 0.3) is 0 Å². The number of hydrogen-bond donors (Lipinski definition) is 0. The number of thiazole rings is 1. The number of aromatic nitrogens is 4. The van der Waals surface area contributed by atoms with E-state index in [0.29, 0.717) is 0 Å². The molecule has 2 aliphatic rings. The van der Waals surface area contributed by atoms with E-state index in [0.717, 1.165) is 73.5 Å². The fourth-order valence-electron chi connectivity index (χ4n) is 4.09. The number of amides is 1. The SMILES string of the molecule is O=C(C1CCCN(c2nc3cccnc3s2)C1)N1CCN(c2ncccn2)CC1. The van der Waals surface area contributed by atoms with Gasteiger partial charge in [0.1, 0.15) is 10.3 Å². The molecule has 8 nitrogen and oxygen atoms in total. The van der Waals surface area contributed by atoms with E-state index in [4.69, 9.17) is 4.98 Å². The molecule has 0 aliphatic carbocycles. The van der Waals surface area contributed by atoms with Gasteiger partial charge in [0.05, 0.1) is 5.92 Å². The summed E-state index contributed by atoms with van der Waals surface area (Å²) in [6.07, 6.45) is 7.27. The van der Waals surface area contributed by atoms with Crippen LogP contribution in [0.15, 0.2) is 36.8 Å². The van der Waals surface area contributed by atoms with Crippen LogP contribution in [0.2, 0.25) is 0 Å². The standard InChI is InChI=1S/C20H23N7OS/c28-18(25-10-12-26(13-11-25)19-22-7-3-8-23-19)15-4-2-9-27(14-15)20-24-16-5-1-6-21-17(16)29-20/h1,3,5-8,15H,2,4,9-14H2. The van der Waals surface area contributed by atoms with Gasteiger partial charge in [-0.2, -0.15) is 0 Å². The maximum atomic E-state index is 13.2. The van der Waals surface area contributed by atoms with Crippen LogP contribution in [0.5, 0.6) is 0 Å². The van der Waals surface area contributed by atoms with Gasteiger partial charge in [-0.1, -0.05) is 11.3 Å². The molecule has 1 atom stereocenters. The van der Waals surface area contributed by atoms with Gasteiger partial charge in [-0.05, 0) is 31.0 Å². The van der Waals surface area contributed by atoms with Crippen LogP contribution >= 0.6 is 11.3 Å². The zero-order valence-corrected chi connectivity index (χ0v) is 17.0. The third-order valence-corrected chi connectivity index (χ3v) is 6.66. The maximum Gasteiger partial charge on any atom is 0.227 e. The quantitative estimate of drug-likeness (QED) is 0.655. The number of pyridine rings is 1. The molecule has 2 fully saturated rings. The topological polar surface area (TPSA) is 78.4 Å². The van der Waals surface area contributed by atoms with E-state index in [1.54, 1.807) is 29.9 Å². The number of fused-ring (bicyclic) bond motifs is 1. The second-order valence-corrected chi connectivity index (χ2v) is 8.43. The van der Waals surface area contributed by atoms with Gasteiger partial charge in [0.15, 0.2) is 5.13 Å². The van der Waals surface area contributed by atoms with Crippen molar-refractivity contribution in [1.29, 1.82) is 0 Å². The van der Waals surface area contributed by atoms with Crippen molar-refractivity contribution in [2.75, 3.05) is 49.1 Å². The van der Waals surface area contributed by atoms with E-state index in [9.17, 15) is 4.79 Å². The number of piperidine rings is 1. The van der Waals surface area contributed by atoms with E-state index in [1.165, 1.54) is 0 Å². The molecule has 5 rings (SSSR count). The number of nitrogens with zero attached hydrogens (tertiary/aromatic N) is 7. The maximum absolute atomic E-state index is 13.2. The molecule has 2 saturated heterocycles. The normalized spacial score (nSPS) is 20.3. The second kappa shape index (κ2) is 7.90. The highest BCUT2D eigenvalue weighted by Gasteiger charge is 2.32. The monoisotopic (exact) mass is 409 g/mol. The molecule has 29 heavy (non-hydrogen) atoms. The lowest BCUT2D eigenvalue weighted by Crippen LogP contribution is -2.53. The number of piperazine rings is 1. The summed E-state index contributed by atoms with van der Waals surface area (Å²) >= 11 is 1.61. The highest BCUT2D eigenvalue weighted by Crippen LogP contribution is 2.31. The largest absolute Gasteiger partial charge is 0.347 e. The highest BCUT2D eigenvalue weighted by atomic mass is 32.1. The minimum Gasteiger partial charge on any atom is -0.347 e. The van der Waals surface area contributed by atoms with Crippen molar-refractivity contribution in [2.24, 2.45) is 5.92 Å². The zero-order valence-electron chi connectivity index (χ0n) is 16.1. The van der Waals surface area contributed by atoms with E-state index in [2.05, 4.69) is 24.8 Å². The van der Waals surface area contributed by atoms with Crippen molar-refractivity contribution in [3.8, 4) is 0 Å². The van der Waals surface area contributed by atoms with Crippen LogP contribution in [-0.2, 0) is 4.79 Å². The first-order chi connectivity index (χ1) is 14.3. The molecule has 1 amide bonds. The molecule has 3 aromatic heterocycles. The summed E-state index contributed by atoms with van der Waals surface area (Å²) in [7, 11) is 0. The van der Waals surface area contributed by atoms with Gasteiger partial charge in [-0.3, -0.25) is 4.79 Å². The smallest absolute Gasteiger partial charge is 0.227 e. The predicted molar refractivity (Wildman–Crippen MR) is 113 cm³/mol. The van der Waals surface area contributed by atoms with Crippen molar-refractivity contribution in [1.82, 2.24) is 24.8 Å². The summed E-state index contributed by atoms with van der Waals surface area (Å²) in [5.41, 5.74) is 0.931. The van der Waals surface area contributed by atoms with Crippen molar-refractivity contribution in [2.45, 2.75) is 12.8 Å². The molecule has 0 spiro atoms. The number of rotatable bonds is 3. The molecule has 0 aromatic carbocycles. The Kier molecular flexibility index (Phi) is 4.97. The molecule has 1 unspecified atom stereocenters. The Balaban J connectivity index is 1.22. The molecule has 2 aliphatic heterocycles. The molecule has 9 heteroatoms. The van der Waals surface area contributed by atoms with Crippen LogP contribution < -0.4 is 9.80 Å². The van der Waals surface area contributed by atoms with Gasteiger partial charge in [0.2, 0.25) is 11.9 Å². The fraction of sp³-hybridized carbons (Fsp3) is 0.450. The minimum absolute atomic E-state index is 0.0308. The van der Waals surface area contributed by atoms with Crippen molar-refractivity contribution >= 4 is 38.7 Å². The van der Waals surface area contributed by atoms with Crippen LogP contribution in [0.1, 0.15) is 12.8 Å². The molecular weight excluding hydrogens is 386 g/mol. The number of anilines is 2. The summed E-state index contributed by atoms with van der Waals surface area (Å²) in [5, 5.41) is 0.974. The van der Waals surface area contributed by atoms with Gasteiger partial charge < -0.3 is 14.7 Å². The lowest BCUT2D eigenvalue weighted by Gasteiger charge is -2.39. The molecule has 150 valence electrons. The van der Waals surface area contributed by atoms with Crippen molar-refractivity contribution in [3.05, 3.63) is 36.8 Å². The van der Waals surface area contributed by atoms with Gasteiger partial charge in [-0.25, -0.2) is 19.9 Å². The van der Waals surface area contributed by atoms with Crippen LogP contribution in [0, 0.1) is 5.92 Å². The van der Waals surface area contributed by atoms with Gasteiger partial charge >= 0.3 is 0 Å². The Morgan fingerprint density at radius 2 is 1.76 bits per heavy atom. The summed E-state index contributed by atoms with van der Waals surface area (Å²) in [6, 6.07) is 5.72. The molecule has 0 radical (unpaired) electrons.